The maximum absolute atomic E-state index is 11.0. The van der Waals surface area contributed by atoms with Gasteiger partial charge in [0, 0.05) is 31.6 Å². The minimum Gasteiger partial charge on any atom is -0.449 e. The van der Waals surface area contributed by atoms with Gasteiger partial charge in [-0.3, -0.25) is 0 Å². The van der Waals surface area contributed by atoms with E-state index >= 15 is 0 Å². The fraction of sp³-hybridized carbons (Fsp3) is 0.818. The lowest BCUT2D eigenvalue weighted by Gasteiger charge is -2.26. The summed E-state index contributed by atoms with van der Waals surface area (Å²) in [4.78, 5) is 13.4. The molecule has 5 heteroatoms. The molecule has 0 aromatic heterocycles. The average Bonchev–Trinajstić information content (AvgIpc) is 2.29. The smallest absolute Gasteiger partial charge is 0.427 e. The summed E-state index contributed by atoms with van der Waals surface area (Å²) in [6.45, 7) is 7.57. The molecule has 0 bridgehead atoms. The van der Waals surface area contributed by atoms with Crippen LogP contribution in [0.3, 0.4) is 0 Å². The summed E-state index contributed by atoms with van der Waals surface area (Å²) in [5.74, 6) is 0. The van der Waals surface area contributed by atoms with E-state index in [9.17, 15) is 4.79 Å². The molecule has 1 saturated heterocycles. The first-order valence-electron chi connectivity index (χ1n) is 5.96. The molecule has 0 aromatic carbocycles. The van der Waals surface area contributed by atoms with Crippen LogP contribution >= 0.6 is 0 Å². The summed E-state index contributed by atoms with van der Waals surface area (Å²) in [5.41, 5.74) is 3.46. The van der Waals surface area contributed by atoms with Crippen molar-refractivity contribution in [2.45, 2.75) is 33.1 Å². The zero-order chi connectivity index (χ0) is 11.8. The van der Waals surface area contributed by atoms with Gasteiger partial charge in [0.1, 0.15) is 0 Å². The van der Waals surface area contributed by atoms with Gasteiger partial charge in [-0.2, -0.15) is 5.10 Å². The van der Waals surface area contributed by atoms with E-state index in [1.54, 1.807) is 6.92 Å². The molecule has 5 nitrogen and oxygen atoms in total. The summed E-state index contributed by atoms with van der Waals surface area (Å²) in [6.07, 6.45) is 2.60. The highest BCUT2D eigenvalue weighted by molar-refractivity contribution is 5.86. The SMILES string of the molecule is CCCN1CCC(=NNC(=O)OCC)CC1. The molecule has 0 radical (unpaired) electrons. The summed E-state index contributed by atoms with van der Waals surface area (Å²) in [6, 6.07) is 0. The van der Waals surface area contributed by atoms with Crippen molar-refractivity contribution < 1.29 is 9.53 Å². The largest absolute Gasteiger partial charge is 0.449 e. The van der Waals surface area contributed by atoms with Gasteiger partial charge in [0.05, 0.1) is 6.61 Å². The zero-order valence-corrected chi connectivity index (χ0v) is 10.2. The number of hydrazone groups is 1. The van der Waals surface area contributed by atoms with Gasteiger partial charge in [-0.1, -0.05) is 6.92 Å². The Labute approximate surface area is 96.8 Å². The van der Waals surface area contributed by atoms with Crippen molar-refractivity contribution in [3.8, 4) is 0 Å². The lowest BCUT2D eigenvalue weighted by atomic mass is 10.1. The Hall–Kier alpha value is -1.10. The number of hydrogen-bond acceptors (Lipinski definition) is 4. The molecular weight excluding hydrogens is 206 g/mol. The lowest BCUT2D eigenvalue weighted by molar-refractivity contribution is 0.152. The molecule has 0 spiro atoms. The van der Waals surface area contributed by atoms with Gasteiger partial charge in [0.25, 0.3) is 0 Å². The van der Waals surface area contributed by atoms with Crippen LogP contribution in [0.25, 0.3) is 0 Å². The van der Waals surface area contributed by atoms with Crippen molar-refractivity contribution >= 4 is 11.8 Å². The van der Waals surface area contributed by atoms with Crippen LogP contribution in [-0.2, 0) is 4.74 Å². The predicted molar refractivity (Wildman–Crippen MR) is 63.6 cm³/mol. The van der Waals surface area contributed by atoms with E-state index in [0.29, 0.717) is 6.61 Å². The first-order chi connectivity index (χ1) is 7.76. The van der Waals surface area contributed by atoms with E-state index in [-0.39, 0.29) is 0 Å². The monoisotopic (exact) mass is 227 g/mol. The third kappa shape index (κ3) is 4.61. The summed E-state index contributed by atoms with van der Waals surface area (Å²) in [7, 11) is 0. The number of likely N-dealkylation sites (tertiary alicyclic amines) is 1. The van der Waals surface area contributed by atoms with Crippen LogP contribution in [0.2, 0.25) is 0 Å². The summed E-state index contributed by atoms with van der Waals surface area (Å²) >= 11 is 0. The molecule has 1 rings (SSSR count). The van der Waals surface area contributed by atoms with Crippen molar-refractivity contribution in [1.29, 1.82) is 0 Å². The van der Waals surface area contributed by atoms with Crippen LogP contribution < -0.4 is 5.43 Å². The molecule has 0 atom stereocenters. The fourth-order valence-corrected chi connectivity index (χ4v) is 1.75. The molecular formula is C11H21N3O2. The molecule has 1 aliphatic rings. The van der Waals surface area contributed by atoms with Crippen molar-refractivity contribution in [1.82, 2.24) is 10.3 Å². The number of piperidine rings is 1. The van der Waals surface area contributed by atoms with Crippen LogP contribution in [0, 0.1) is 0 Å². The first-order valence-corrected chi connectivity index (χ1v) is 5.96. The average molecular weight is 227 g/mol. The minimum atomic E-state index is -0.467. The molecule has 1 aliphatic heterocycles. The summed E-state index contributed by atoms with van der Waals surface area (Å²) < 4.78 is 4.73. The van der Waals surface area contributed by atoms with Crippen LogP contribution in [0.4, 0.5) is 4.79 Å². The molecule has 92 valence electrons. The first kappa shape index (κ1) is 13.0. The van der Waals surface area contributed by atoms with Crippen molar-refractivity contribution in [3.05, 3.63) is 0 Å². The molecule has 0 aromatic rings. The standard InChI is InChI=1S/C11H21N3O2/c1-3-7-14-8-5-10(6-9-14)12-13-11(15)16-4-2/h3-9H2,1-2H3,(H,13,15). The maximum Gasteiger partial charge on any atom is 0.427 e. The molecule has 0 unspecified atom stereocenters. The van der Waals surface area contributed by atoms with Gasteiger partial charge in [-0.25, -0.2) is 10.2 Å². The second-order valence-corrected chi connectivity index (χ2v) is 3.85. The number of carbonyl (C=O) groups is 1. The molecule has 1 amide bonds. The van der Waals surface area contributed by atoms with Crippen molar-refractivity contribution in [2.75, 3.05) is 26.2 Å². The van der Waals surface area contributed by atoms with E-state index < -0.39 is 6.09 Å². The highest BCUT2D eigenvalue weighted by Crippen LogP contribution is 2.07. The van der Waals surface area contributed by atoms with Crippen LogP contribution in [0.15, 0.2) is 5.10 Å². The van der Waals surface area contributed by atoms with E-state index in [1.807, 2.05) is 0 Å². The topological polar surface area (TPSA) is 53.9 Å². The number of rotatable bonds is 4. The Bertz CT molecular complexity index is 244. The Balaban J connectivity index is 2.24. The Morgan fingerprint density at radius 3 is 2.69 bits per heavy atom. The molecule has 1 heterocycles. The van der Waals surface area contributed by atoms with E-state index in [2.05, 4.69) is 22.4 Å². The van der Waals surface area contributed by atoms with Crippen LogP contribution in [0.5, 0.6) is 0 Å². The third-order valence-corrected chi connectivity index (χ3v) is 2.55. The van der Waals surface area contributed by atoms with E-state index in [0.717, 1.165) is 38.2 Å². The van der Waals surface area contributed by atoms with Gasteiger partial charge in [0.15, 0.2) is 0 Å². The van der Waals surface area contributed by atoms with Crippen LogP contribution in [-0.4, -0.2) is 42.9 Å². The van der Waals surface area contributed by atoms with Gasteiger partial charge in [-0.05, 0) is 19.9 Å². The van der Waals surface area contributed by atoms with Gasteiger partial charge in [-0.15, -0.1) is 0 Å². The number of amides is 1. The Morgan fingerprint density at radius 2 is 2.12 bits per heavy atom. The lowest BCUT2D eigenvalue weighted by Crippen LogP contribution is -2.35. The predicted octanol–water partition coefficient (Wildman–Crippen LogP) is 1.59. The van der Waals surface area contributed by atoms with Gasteiger partial charge < -0.3 is 9.64 Å². The second-order valence-electron chi connectivity index (χ2n) is 3.85. The molecule has 1 fully saturated rings. The zero-order valence-electron chi connectivity index (χ0n) is 10.2. The van der Waals surface area contributed by atoms with Gasteiger partial charge >= 0.3 is 6.09 Å². The number of nitrogens with one attached hydrogen (secondary N) is 1. The quantitative estimate of drug-likeness (QED) is 0.742. The highest BCUT2D eigenvalue weighted by atomic mass is 16.5. The molecule has 0 aliphatic carbocycles. The molecule has 16 heavy (non-hydrogen) atoms. The number of ether oxygens (including phenoxy) is 1. The number of nitrogens with zero attached hydrogens (tertiary/aromatic N) is 2. The van der Waals surface area contributed by atoms with Crippen molar-refractivity contribution in [2.24, 2.45) is 5.10 Å². The normalized spacial score (nSPS) is 17.0. The van der Waals surface area contributed by atoms with E-state index in [4.69, 9.17) is 4.74 Å². The summed E-state index contributed by atoms with van der Waals surface area (Å²) in [5, 5.41) is 4.06. The van der Waals surface area contributed by atoms with Crippen LogP contribution in [0.1, 0.15) is 33.1 Å². The number of carbonyl (C=O) groups excluding carboxylic acids is 1. The van der Waals surface area contributed by atoms with Gasteiger partial charge in [0.2, 0.25) is 0 Å². The molecule has 0 saturated carbocycles. The maximum atomic E-state index is 11.0. The molecule has 1 N–H and O–H groups in total. The number of hydrogen-bond donors (Lipinski definition) is 1. The Morgan fingerprint density at radius 1 is 1.44 bits per heavy atom. The second kappa shape index (κ2) is 7.22. The van der Waals surface area contributed by atoms with Crippen molar-refractivity contribution in [3.63, 3.8) is 0 Å². The highest BCUT2D eigenvalue weighted by Gasteiger charge is 2.14. The fourth-order valence-electron chi connectivity index (χ4n) is 1.75. The Kier molecular flexibility index (Phi) is 5.85. The minimum absolute atomic E-state index is 0.376. The van der Waals surface area contributed by atoms with E-state index in [1.165, 1.54) is 6.42 Å². The third-order valence-electron chi connectivity index (χ3n) is 2.55.